The van der Waals surface area contributed by atoms with Gasteiger partial charge in [-0.15, -0.1) is 0 Å². The highest BCUT2D eigenvalue weighted by Gasteiger charge is 2.19. The summed E-state index contributed by atoms with van der Waals surface area (Å²) < 4.78 is 16.9. The molecule has 1 atom stereocenters. The SMILES string of the molecule is CC/C=C\C/C=C\C/C=C\C/C=C\C/C=C\C/C=C\C/C=C\CCCCCC(=O)OCC(COC(=O)CCCCCCC/C=C\C/C=C\CCCCC)OC(=O)CCCCCCCCCCCC/C=C\C/C=C\C/C=C\CCCCCCC. The van der Waals surface area contributed by atoms with Gasteiger partial charge in [-0.2, -0.15) is 0 Å². The van der Waals surface area contributed by atoms with E-state index in [1.165, 1.54) is 116 Å². The fraction of sp³-hybridized carbons (Fsp3) is 0.649. The van der Waals surface area contributed by atoms with Crippen molar-refractivity contribution >= 4 is 17.9 Å². The molecule has 0 fully saturated rings. The van der Waals surface area contributed by atoms with Crippen molar-refractivity contribution in [3.63, 3.8) is 0 Å². The summed E-state index contributed by atoms with van der Waals surface area (Å²) in [5.41, 5.74) is 0. The van der Waals surface area contributed by atoms with Gasteiger partial charge in [0.25, 0.3) is 0 Å². The molecule has 0 aliphatic rings. The second-order valence-electron chi connectivity index (χ2n) is 22.3. The van der Waals surface area contributed by atoms with Crippen molar-refractivity contribution in [2.24, 2.45) is 0 Å². The number of carbonyl (C=O) groups excluding carboxylic acids is 3. The largest absolute Gasteiger partial charge is 0.462 e. The van der Waals surface area contributed by atoms with Crippen molar-refractivity contribution in [2.45, 2.75) is 309 Å². The van der Waals surface area contributed by atoms with E-state index in [1.54, 1.807) is 0 Å². The van der Waals surface area contributed by atoms with Gasteiger partial charge in [0, 0.05) is 19.3 Å². The Labute approximate surface area is 512 Å². The number of unbranched alkanes of at least 4 members (excludes halogenated alkanes) is 26. The molecule has 0 aromatic heterocycles. The lowest BCUT2D eigenvalue weighted by atomic mass is 10.0. The minimum Gasteiger partial charge on any atom is -0.462 e. The smallest absolute Gasteiger partial charge is 0.306 e. The first-order chi connectivity index (χ1) is 41.0. The van der Waals surface area contributed by atoms with Crippen LogP contribution < -0.4 is 0 Å². The van der Waals surface area contributed by atoms with E-state index in [2.05, 4.69) is 167 Å². The zero-order valence-corrected chi connectivity index (χ0v) is 53.9. The van der Waals surface area contributed by atoms with Crippen LogP contribution in [0.15, 0.2) is 146 Å². The first-order valence-corrected chi connectivity index (χ1v) is 34.3. The Balaban J connectivity index is 4.46. The van der Waals surface area contributed by atoms with Crippen LogP contribution in [0.2, 0.25) is 0 Å². The first kappa shape index (κ1) is 78.3. The number of hydrogen-bond donors (Lipinski definition) is 0. The van der Waals surface area contributed by atoms with Gasteiger partial charge >= 0.3 is 17.9 Å². The van der Waals surface area contributed by atoms with Crippen molar-refractivity contribution in [3.8, 4) is 0 Å². The molecule has 0 aliphatic heterocycles. The molecular formula is C77H126O6. The maximum absolute atomic E-state index is 13.0. The molecule has 0 aromatic rings. The highest BCUT2D eigenvalue weighted by Crippen LogP contribution is 2.15. The Hall–Kier alpha value is -4.71. The molecule has 6 heteroatoms. The van der Waals surface area contributed by atoms with Crippen LogP contribution in [0, 0.1) is 0 Å². The Morgan fingerprint density at radius 3 is 0.771 bits per heavy atom. The third kappa shape index (κ3) is 68.0. The number of rotatable bonds is 61. The average molecular weight is 1150 g/mol. The fourth-order valence-corrected chi connectivity index (χ4v) is 9.17. The average Bonchev–Trinajstić information content (AvgIpc) is 3.49. The Morgan fingerprint density at radius 1 is 0.253 bits per heavy atom. The van der Waals surface area contributed by atoms with Crippen molar-refractivity contribution in [1.82, 2.24) is 0 Å². The standard InChI is InChI=1S/C77H126O6/c1-4-7-10-13-16-19-22-25-28-30-32-34-36-38-40-42-44-46-49-52-55-58-61-64-67-70-76(79)82-73-74(72-81-75(78)69-66-63-60-57-54-51-48-27-24-21-18-15-12-9-6-3)83-77(80)71-68-65-62-59-56-53-50-47-45-43-41-39-37-35-33-31-29-26-23-20-17-14-11-8-5-2/h7,10,16,18-19,21,23,25-28,31-34,37-40,44,46,48,52,55,74H,4-6,8-9,11-15,17,20,22,24,29-30,35-36,41-43,45,47,49-51,53-54,56-73H2,1-3H3/b10-7-,19-16-,21-18-,26-23-,28-25-,33-31-,34-32-,39-37-,40-38-,46-44-,48-27-,55-52-. The van der Waals surface area contributed by atoms with Crippen LogP contribution >= 0.6 is 0 Å². The molecule has 0 bridgehead atoms. The monoisotopic (exact) mass is 1150 g/mol. The van der Waals surface area contributed by atoms with Crippen molar-refractivity contribution in [2.75, 3.05) is 13.2 Å². The Kier molecular flexibility index (Phi) is 65.8. The zero-order valence-electron chi connectivity index (χ0n) is 53.9. The van der Waals surface area contributed by atoms with Gasteiger partial charge in [0.1, 0.15) is 13.2 Å². The van der Waals surface area contributed by atoms with Crippen LogP contribution in [0.3, 0.4) is 0 Å². The lowest BCUT2D eigenvalue weighted by Gasteiger charge is -2.18. The maximum Gasteiger partial charge on any atom is 0.306 e. The molecular weight excluding hydrogens is 1020 g/mol. The maximum atomic E-state index is 13.0. The molecule has 0 aromatic carbocycles. The van der Waals surface area contributed by atoms with Gasteiger partial charge < -0.3 is 14.2 Å². The summed E-state index contributed by atoms with van der Waals surface area (Å²) in [5, 5.41) is 0. The van der Waals surface area contributed by atoms with Gasteiger partial charge in [0.05, 0.1) is 0 Å². The van der Waals surface area contributed by atoms with Crippen LogP contribution in [-0.4, -0.2) is 37.2 Å². The minimum atomic E-state index is -0.809. The lowest BCUT2D eigenvalue weighted by molar-refractivity contribution is -0.167. The van der Waals surface area contributed by atoms with E-state index in [9.17, 15) is 14.4 Å². The highest BCUT2D eigenvalue weighted by molar-refractivity contribution is 5.71. The first-order valence-electron chi connectivity index (χ1n) is 34.3. The van der Waals surface area contributed by atoms with Crippen LogP contribution in [-0.2, 0) is 28.6 Å². The number of hydrogen-bond acceptors (Lipinski definition) is 6. The zero-order chi connectivity index (χ0) is 59.9. The molecule has 0 rings (SSSR count). The normalized spacial score (nSPS) is 13.0. The molecule has 0 spiro atoms. The van der Waals surface area contributed by atoms with Gasteiger partial charge in [-0.3, -0.25) is 14.4 Å². The predicted octanol–water partition coefficient (Wildman–Crippen LogP) is 23.9. The second-order valence-corrected chi connectivity index (χ2v) is 22.3. The number of ether oxygens (including phenoxy) is 3. The van der Waals surface area contributed by atoms with Gasteiger partial charge in [0.15, 0.2) is 6.10 Å². The third-order valence-corrected chi connectivity index (χ3v) is 14.3. The second kappa shape index (κ2) is 69.8. The molecule has 0 saturated heterocycles. The quantitative estimate of drug-likeness (QED) is 0.0261. The molecule has 6 nitrogen and oxygen atoms in total. The van der Waals surface area contributed by atoms with Crippen molar-refractivity contribution < 1.29 is 28.6 Å². The van der Waals surface area contributed by atoms with Crippen LogP contribution in [0.1, 0.15) is 303 Å². The molecule has 0 N–H and O–H groups in total. The summed E-state index contributed by atoms with van der Waals surface area (Å²) in [6.45, 7) is 6.46. The Bertz CT molecular complexity index is 1800. The van der Waals surface area contributed by atoms with Crippen LogP contribution in [0.4, 0.5) is 0 Å². The van der Waals surface area contributed by atoms with E-state index in [1.807, 2.05) is 0 Å². The van der Waals surface area contributed by atoms with Gasteiger partial charge in [-0.25, -0.2) is 0 Å². The molecule has 0 radical (unpaired) electrons. The topological polar surface area (TPSA) is 78.9 Å². The molecule has 470 valence electrons. The van der Waals surface area contributed by atoms with E-state index < -0.39 is 6.10 Å². The van der Waals surface area contributed by atoms with Gasteiger partial charge in [-0.05, 0) is 148 Å². The third-order valence-electron chi connectivity index (χ3n) is 14.3. The van der Waals surface area contributed by atoms with E-state index in [0.29, 0.717) is 19.3 Å². The van der Waals surface area contributed by atoms with E-state index in [0.717, 1.165) is 148 Å². The lowest BCUT2D eigenvalue weighted by Crippen LogP contribution is -2.30. The fourth-order valence-electron chi connectivity index (χ4n) is 9.17. The summed E-state index contributed by atoms with van der Waals surface area (Å²) in [7, 11) is 0. The minimum absolute atomic E-state index is 0.102. The predicted molar refractivity (Wildman–Crippen MR) is 362 cm³/mol. The van der Waals surface area contributed by atoms with Gasteiger partial charge in [0.2, 0.25) is 0 Å². The van der Waals surface area contributed by atoms with Crippen molar-refractivity contribution in [3.05, 3.63) is 146 Å². The van der Waals surface area contributed by atoms with E-state index in [4.69, 9.17) is 14.2 Å². The highest BCUT2D eigenvalue weighted by atomic mass is 16.6. The number of allylic oxidation sites excluding steroid dienone is 24. The number of carbonyl (C=O) groups is 3. The molecule has 83 heavy (non-hydrogen) atoms. The molecule has 1 unspecified atom stereocenters. The van der Waals surface area contributed by atoms with Crippen LogP contribution in [0.25, 0.3) is 0 Å². The molecule has 0 heterocycles. The number of esters is 3. The summed E-state index contributed by atoms with van der Waals surface area (Å²) in [6, 6.07) is 0. The Morgan fingerprint density at radius 2 is 0.470 bits per heavy atom. The molecule has 0 saturated carbocycles. The summed E-state index contributed by atoms with van der Waals surface area (Å²) in [6.07, 6.45) is 100.0. The molecule has 0 amide bonds. The summed E-state index contributed by atoms with van der Waals surface area (Å²) >= 11 is 0. The summed E-state index contributed by atoms with van der Waals surface area (Å²) in [4.78, 5) is 38.4. The van der Waals surface area contributed by atoms with Gasteiger partial charge in [-0.1, -0.05) is 282 Å². The van der Waals surface area contributed by atoms with E-state index in [-0.39, 0.29) is 31.1 Å². The van der Waals surface area contributed by atoms with Crippen molar-refractivity contribution in [1.29, 1.82) is 0 Å². The van der Waals surface area contributed by atoms with Crippen LogP contribution in [0.5, 0.6) is 0 Å². The molecule has 0 aliphatic carbocycles. The summed E-state index contributed by atoms with van der Waals surface area (Å²) in [5.74, 6) is -0.949. The van der Waals surface area contributed by atoms with E-state index >= 15 is 0 Å².